The largest absolute Gasteiger partial charge is 0.326 e. The minimum Gasteiger partial charge on any atom is -0.326 e. The van der Waals surface area contributed by atoms with Crippen LogP contribution in [0, 0.1) is 11.6 Å². The van der Waals surface area contributed by atoms with Gasteiger partial charge in [0.2, 0.25) is 11.8 Å². The molecular formula is C17H14Cl2F2N2O2. The van der Waals surface area contributed by atoms with E-state index < -0.39 is 17.5 Å². The fraction of sp³-hybridized carbons (Fsp3) is 0.176. The Kier molecular flexibility index (Phi) is 6.33. The molecule has 0 unspecified atom stereocenters. The summed E-state index contributed by atoms with van der Waals surface area (Å²) in [7, 11) is 0. The van der Waals surface area contributed by atoms with E-state index in [1.54, 1.807) is 12.1 Å². The zero-order chi connectivity index (χ0) is 18.6. The summed E-state index contributed by atoms with van der Waals surface area (Å²) in [6.45, 7) is 1.42. The molecular weight excluding hydrogens is 373 g/mol. The molecule has 8 heteroatoms. The molecule has 2 amide bonds. The Balaban J connectivity index is 2.04. The number of hydrogen-bond donors (Lipinski definition) is 1. The van der Waals surface area contributed by atoms with Crippen molar-refractivity contribution in [1.29, 1.82) is 0 Å². The maximum Gasteiger partial charge on any atom is 0.226 e. The van der Waals surface area contributed by atoms with E-state index in [2.05, 4.69) is 5.32 Å². The van der Waals surface area contributed by atoms with Crippen LogP contribution in [-0.2, 0) is 9.59 Å². The number of benzene rings is 2. The Bertz CT molecular complexity index is 795. The van der Waals surface area contributed by atoms with Gasteiger partial charge in [-0.25, -0.2) is 8.78 Å². The van der Waals surface area contributed by atoms with E-state index in [9.17, 15) is 18.4 Å². The lowest BCUT2D eigenvalue weighted by molar-refractivity contribution is -0.117. The van der Waals surface area contributed by atoms with Crippen LogP contribution >= 0.6 is 23.2 Å². The fourth-order valence-corrected chi connectivity index (χ4v) is 2.69. The first-order valence-corrected chi connectivity index (χ1v) is 8.01. The lowest BCUT2D eigenvalue weighted by Crippen LogP contribution is -2.32. The lowest BCUT2D eigenvalue weighted by Gasteiger charge is -2.21. The minimum atomic E-state index is -1.06. The Morgan fingerprint density at radius 1 is 1.04 bits per heavy atom. The van der Waals surface area contributed by atoms with Gasteiger partial charge in [0, 0.05) is 47.4 Å². The van der Waals surface area contributed by atoms with Crippen LogP contribution in [0.15, 0.2) is 36.4 Å². The van der Waals surface area contributed by atoms with Crippen LogP contribution in [0.1, 0.15) is 13.3 Å². The number of rotatable bonds is 5. The van der Waals surface area contributed by atoms with Gasteiger partial charge in [-0.2, -0.15) is 0 Å². The van der Waals surface area contributed by atoms with Crippen LogP contribution in [0.25, 0.3) is 0 Å². The Hall–Kier alpha value is -2.18. The van der Waals surface area contributed by atoms with Gasteiger partial charge in [0.15, 0.2) is 11.6 Å². The summed E-state index contributed by atoms with van der Waals surface area (Å²) in [5.41, 5.74) is 0.592. The molecule has 2 aromatic carbocycles. The molecule has 0 aromatic heterocycles. The smallest absolute Gasteiger partial charge is 0.226 e. The first kappa shape index (κ1) is 19.1. The number of amides is 2. The third kappa shape index (κ3) is 5.41. The molecule has 0 saturated heterocycles. The summed E-state index contributed by atoms with van der Waals surface area (Å²) < 4.78 is 26.0. The second-order valence-electron chi connectivity index (χ2n) is 5.23. The van der Waals surface area contributed by atoms with Crippen LogP contribution in [0.5, 0.6) is 0 Å². The molecule has 0 aliphatic heterocycles. The molecule has 0 spiro atoms. The average molecular weight is 387 g/mol. The normalized spacial score (nSPS) is 10.4. The SMILES string of the molecule is CC(=O)N(CCC(=O)Nc1ccc(F)c(F)c1)c1cc(Cl)cc(Cl)c1. The predicted octanol–water partition coefficient (Wildman–Crippen LogP) is 4.65. The Morgan fingerprint density at radius 2 is 1.68 bits per heavy atom. The Labute approximate surface area is 153 Å². The maximum absolute atomic E-state index is 13.1. The van der Waals surface area contributed by atoms with Crippen LogP contribution in [-0.4, -0.2) is 18.4 Å². The second kappa shape index (κ2) is 8.27. The van der Waals surface area contributed by atoms with Crippen molar-refractivity contribution in [1.82, 2.24) is 0 Å². The zero-order valence-corrected chi connectivity index (χ0v) is 14.7. The van der Waals surface area contributed by atoms with Gasteiger partial charge in [-0.05, 0) is 30.3 Å². The number of carbonyl (C=O) groups excluding carboxylic acids is 2. The first-order chi connectivity index (χ1) is 11.8. The van der Waals surface area contributed by atoms with Crippen LogP contribution in [0.2, 0.25) is 10.0 Å². The minimum absolute atomic E-state index is 0.0529. The van der Waals surface area contributed by atoms with Gasteiger partial charge < -0.3 is 10.2 Å². The monoisotopic (exact) mass is 386 g/mol. The third-order valence-corrected chi connectivity index (χ3v) is 3.74. The molecule has 0 heterocycles. The summed E-state index contributed by atoms with van der Waals surface area (Å²) >= 11 is 11.9. The van der Waals surface area contributed by atoms with E-state index in [0.29, 0.717) is 15.7 Å². The van der Waals surface area contributed by atoms with Gasteiger partial charge in [-0.15, -0.1) is 0 Å². The van der Waals surface area contributed by atoms with Crippen LogP contribution < -0.4 is 10.2 Å². The topological polar surface area (TPSA) is 49.4 Å². The van der Waals surface area contributed by atoms with E-state index in [0.717, 1.165) is 12.1 Å². The van der Waals surface area contributed by atoms with Gasteiger partial charge >= 0.3 is 0 Å². The molecule has 25 heavy (non-hydrogen) atoms. The van der Waals surface area contributed by atoms with E-state index >= 15 is 0 Å². The van der Waals surface area contributed by atoms with Crippen molar-refractivity contribution in [2.75, 3.05) is 16.8 Å². The van der Waals surface area contributed by atoms with Crippen molar-refractivity contribution in [3.8, 4) is 0 Å². The molecule has 4 nitrogen and oxygen atoms in total. The van der Waals surface area contributed by atoms with Crippen molar-refractivity contribution < 1.29 is 18.4 Å². The van der Waals surface area contributed by atoms with Gasteiger partial charge in [0.05, 0.1) is 0 Å². The number of nitrogens with one attached hydrogen (secondary N) is 1. The molecule has 0 radical (unpaired) electrons. The predicted molar refractivity (Wildman–Crippen MR) is 94.1 cm³/mol. The highest BCUT2D eigenvalue weighted by Crippen LogP contribution is 2.26. The number of hydrogen-bond acceptors (Lipinski definition) is 2. The van der Waals surface area contributed by atoms with Crippen molar-refractivity contribution in [3.05, 3.63) is 58.1 Å². The zero-order valence-electron chi connectivity index (χ0n) is 13.2. The summed E-state index contributed by atoms with van der Waals surface area (Å²) in [5, 5.41) is 3.16. The highest BCUT2D eigenvalue weighted by Gasteiger charge is 2.15. The number of halogens is 4. The van der Waals surface area contributed by atoms with E-state index in [1.165, 1.54) is 24.0 Å². The molecule has 0 bridgehead atoms. The summed E-state index contributed by atoms with van der Waals surface area (Å²) in [5.74, 6) is -2.81. The standard InChI is InChI=1S/C17H14Cl2F2N2O2/c1-10(24)23(14-7-11(18)6-12(19)8-14)5-4-17(25)22-13-2-3-15(20)16(21)9-13/h2-3,6-9H,4-5H2,1H3,(H,22,25). The summed E-state index contributed by atoms with van der Waals surface area (Å²) in [6, 6.07) is 7.69. The summed E-state index contributed by atoms with van der Waals surface area (Å²) in [4.78, 5) is 25.2. The molecule has 2 aromatic rings. The number of anilines is 2. The van der Waals surface area contributed by atoms with E-state index in [1.807, 2.05) is 0 Å². The van der Waals surface area contributed by atoms with Crippen LogP contribution in [0.3, 0.4) is 0 Å². The van der Waals surface area contributed by atoms with E-state index in [-0.39, 0.29) is 24.6 Å². The fourth-order valence-electron chi connectivity index (χ4n) is 2.17. The van der Waals surface area contributed by atoms with Gasteiger partial charge in [0.1, 0.15) is 0 Å². The quantitative estimate of drug-likeness (QED) is 0.812. The van der Waals surface area contributed by atoms with Gasteiger partial charge in [-0.3, -0.25) is 9.59 Å². The van der Waals surface area contributed by atoms with Crippen molar-refractivity contribution in [2.45, 2.75) is 13.3 Å². The highest BCUT2D eigenvalue weighted by atomic mass is 35.5. The number of nitrogens with zero attached hydrogens (tertiary/aromatic N) is 1. The molecule has 2 rings (SSSR count). The van der Waals surface area contributed by atoms with E-state index in [4.69, 9.17) is 23.2 Å². The third-order valence-electron chi connectivity index (χ3n) is 3.30. The molecule has 0 aliphatic carbocycles. The van der Waals surface area contributed by atoms with Gasteiger partial charge in [-0.1, -0.05) is 23.2 Å². The van der Waals surface area contributed by atoms with Crippen molar-refractivity contribution in [2.24, 2.45) is 0 Å². The average Bonchev–Trinajstić information content (AvgIpc) is 2.50. The molecule has 0 fully saturated rings. The molecule has 0 atom stereocenters. The molecule has 132 valence electrons. The van der Waals surface area contributed by atoms with Crippen molar-refractivity contribution in [3.63, 3.8) is 0 Å². The second-order valence-corrected chi connectivity index (χ2v) is 6.10. The number of carbonyl (C=O) groups is 2. The van der Waals surface area contributed by atoms with Crippen LogP contribution in [0.4, 0.5) is 20.2 Å². The maximum atomic E-state index is 13.1. The summed E-state index contributed by atoms with van der Waals surface area (Å²) in [6.07, 6.45) is -0.0529. The molecule has 0 saturated carbocycles. The van der Waals surface area contributed by atoms with Gasteiger partial charge in [0.25, 0.3) is 0 Å². The molecule has 1 N–H and O–H groups in total. The lowest BCUT2D eigenvalue weighted by atomic mass is 10.2. The molecule has 0 aliphatic rings. The van der Waals surface area contributed by atoms with Crippen molar-refractivity contribution >= 4 is 46.4 Å². The first-order valence-electron chi connectivity index (χ1n) is 7.25. The highest BCUT2D eigenvalue weighted by molar-refractivity contribution is 6.35. The Morgan fingerprint density at radius 3 is 2.24 bits per heavy atom.